The summed E-state index contributed by atoms with van der Waals surface area (Å²) in [6.07, 6.45) is 2.56. The van der Waals surface area contributed by atoms with Gasteiger partial charge in [-0.05, 0) is 55.4 Å². The van der Waals surface area contributed by atoms with Crippen molar-refractivity contribution in [3.63, 3.8) is 0 Å². The Labute approximate surface area is 241 Å². The molecule has 206 valence electrons. The first kappa shape index (κ1) is 25.5. The van der Waals surface area contributed by atoms with Crippen LogP contribution in [0, 0.1) is 0 Å². The van der Waals surface area contributed by atoms with Crippen LogP contribution in [-0.4, -0.2) is 72.0 Å². The summed E-state index contributed by atoms with van der Waals surface area (Å²) in [6, 6.07) is 13.4. The van der Waals surface area contributed by atoms with Crippen LogP contribution in [0.5, 0.6) is 17.2 Å². The minimum Gasteiger partial charge on any atom is -0.487 e. The molecule has 0 bridgehead atoms. The number of amides is 2. The third-order valence-electron chi connectivity index (χ3n) is 8.26. The lowest BCUT2D eigenvalue weighted by Crippen LogP contribution is -2.43. The molecule has 0 spiro atoms. The van der Waals surface area contributed by atoms with Crippen molar-refractivity contribution >= 4 is 33.6 Å². The SMILES string of the molecule is CN1CCN(Cc2ccc(C(=O)NC3C4Oc5ccc(Oc6ccnc7c6CCC(=O)N7)cc5C34)cc2Br)CC1. The van der Waals surface area contributed by atoms with Gasteiger partial charge in [0.15, 0.2) is 0 Å². The Hall–Kier alpha value is -3.47. The van der Waals surface area contributed by atoms with Crippen LogP contribution in [0.15, 0.2) is 53.1 Å². The Morgan fingerprint density at radius 3 is 2.83 bits per heavy atom. The molecule has 9 nitrogen and oxygen atoms in total. The van der Waals surface area contributed by atoms with Crippen LogP contribution in [0.25, 0.3) is 0 Å². The lowest BCUT2D eigenvalue weighted by atomic mass is 10.1. The van der Waals surface area contributed by atoms with Crippen molar-refractivity contribution in [2.45, 2.75) is 37.5 Å². The van der Waals surface area contributed by atoms with Crippen molar-refractivity contribution in [2.24, 2.45) is 0 Å². The first-order chi connectivity index (χ1) is 19.4. The number of hydrogen-bond donors (Lipinski definition) is 2. The lowest BCUT2D eigenvalue weighted by molar-refractivity contribution is -0.116. The smallest absolute Gasteiger partial charge is 0.251 e. The lowest BCUT2D eigenvalue weighted by Gasteiger charge is -2.32. The number of nitrogens with zero attached hydrogens (tertiary/aromatic N) is 3. The number of likely N-dealkylation sites (N-methyl/N-ethyl adjacent to an activating group) is 1. The van der Waals surface area contributed by atoms with Gasteiger partial charge in [0.25, 0.3) is 5.91 Å². The second-order valence-electron chi connectivity index (χ2n) is 11.0. The number of ether oxygens (including phenoxy) is 2. The monoisotopic (exact) mass is 603 g/mol. The number of aromatic nitrogens is 1. The molecule has 2 aromatic carbocycles. The van der Waals surface area contributed by atoms with E-state index >= 15 is 0 Å². The second-order valence-corrected chi connectivity index (χ2v) is 11.8. The van der Waals surface area contributed by atoms with Crippen LogP contribution in [-0.2, 0) is 17.8 Å². The van der Waals surface area contributed by atoms with Gasteiger partial charge in [-0.25, -0.2) is 4.98 Å². The average molecular weight is 605 g/mol. The average Bonchev–Trinajstić information content (AvgIpc) is 3.47. The van der Waals surface area contributed by atoms with E-state index in [4.69, 9.17) is 9.47 Å². The van der Waals surface area contributed by atoms with E-state index in [1.54, 1.807) is 6.20 Å². The van der Waals surface area contributed by atoms with Gasteiger partial charge >= 0.3 is 0 Å². The number of carbonyl (C=O) groups excluding carboxylic acids is 2. The van der Waals surface area contributed by atoms with E-state index in [9.17, 15) is 9.59 Å². The van der Waals surface area contributed by atoms with Gasteiger partial charge in [0.1, 0.15) is 29.2 Å². The molecule has 3 aromatic rings. The number of piperazine rings is 1. The van der Waals surface area contributed by atoms with Crippen molar-refractivity contribution in [1.29, 1.82) is 0 Å². The van der Waals surface area contributed by atoms with E-state index in [2.05, 4.69) is 48.4 Å². The molecule has 1 saturated carbocycles. The van der Waals surface area contributed by atoms with E-state index < -0.39 is 0 Å². The summed E-state index contributed by atoms with van der Waals surface area (Å²) in [6.45, 7) is 5.12. The number of hydrogen-bond acceptors (Lipinski definition) is 7. The van der Waals surface area contributed by atoms with Crippen molar-refractivity contribution in [3.8, 4) is 17.2 Å². The molecular weight excluding hydrogens is 574 g/mol. The Morgan fingerprint density at radius 1 is 1.15 bits per heavy atom. The van der Waals surface area contributed by atoms with Gasteiger partial charge in [-0.2, -0.15) is 0 Å². The summed E-state index contributed by atoms with van der Waals surface area (Å²) in [7, 11) is 2.16. The molecule has 1 aliphatic carbocycles. The van der Waals surface area contributed by atoms with Gasteiger partial charge in [-0.15, -0.1) is 0 Å². The van der Waals surface area contributed by atoms with E-state index in [0.717, 1.165) is 54.1 Å². The van der Waals surface area contributed by atoms with E-state index in [0.29, 0.717) is 35.7 Å². The van der Waals surface area contributed by atoms with Gasteiger partial charge in [0.2, 0.25) is 5.91 Å². The van der Waals surface area contributed by atoms with Gasteiger partial charge in [-0.1, -0.05) is 22.0 Å². The molecule has 4 aliphatic rings. The first-order valence-electron chi connectivity index (χ1n) is 13.7. The van der Waals surface area contributed by atoms with Crippen LogP contribution in [0.4, 0.5) is 5.82 Å². The van der Waals surface area contributed by atoms with Gasteiger partial charge in [-0.3, -0.25) is 14.5 Å². The summed E-state index contributed by atoms with van der Waals surface area (Å²) in [4.78, 5) is 33.9. The fraction of sp³-hybridized carbons (Fsp3) is 0.367. The van der Waals surface area contributed by atoms with Gasteiger partial charge < -0.3 is 25.0 Å². The zero-order valence-electron chi connectivity index (χ0n) is 22.2. The molecule has 1 aromatic heterocycles. The standard InChI is InChI=1S/C30H30BrN5O4/c1-35-10-12-36(13-11-35)16-18-3-2-17(14-22(18)31)30(38)34-27-26-21-15-19(4-6-23(21)40-28(26)27)39-24-8-9-32-29-20(24)5-7-25(37)33-29/h2-4,6,8-9,14-15,26-28H,5,7,10-13,16H2,1H3,(H,34,38)(H,32,33,37). The number of rotatable bonds is 6. The molecule has 40 heavy (non-hydrogen) atoms. The highest BCUT2D eigenvalue weighted by molar-refractivity contribution is 9.10. The van der Waals surface area contributed by atoms with E-state index in [1.165, 1.54) is 5.56 Å². The molecule has 7 rings (SSSR count). The molecule has 1 saturated heterocycles. The highest BCUT2D eigenvalue weighted by Gasteiger charge is 2.59. The minimum absolute atomic E-state index is 0.0337. The fourth-order valence-electron chi connectivity index (χ4n) is 5.85. The van der Waals surface area contributed by atoms with E-state index in [1.807, 2.05) is 42.5 Å². The Bertz CT molecular complexity index is 1510. The topological polar surface area (TPSA) is 96.0 Å². The Kier molecular flexibility index (Phi) is 6.48. The zero-order chi connectivity index (χ0) is 27.4. The van der Waals surface area contributed by atoms with Crippen molar-refractivity contribution in [3.05, 3.63) is 75.4 Å². The zero-order valence-corrected chi connectivity index (χ0v) is 23.7. The Balaban J connectivity index is 1.00. The number of pyridine rings is 1. The maximum absolute atomic E-state index is 13.1. The summed E-state index contributed by atoms with van der Waals surface area (Å²) < 4.78 is 13.3. The molecule has 3 atom stereocenters. The number of fused-ring (bicyclic) bond motifs is 4. The summed E-state index contributed by atoms with van der Waals surface area (Å²) >= 11 is 3.69. The second kappa shape index (κ2) is 10.2. The van der Waals surface area contributed by atoms with E-state index in [-0.39, 0.29) is 29.9 Å². The van der Waals surface area contributed by atoms with Crippen LogP contribution >= 0.6 is 15.9 Å². The highest BCUT2D eigenvalue weighted by atomic mass is 79.9. The maximum atomic E-state index is 13.1. The van der Waals surface area contributed by atoms with Crippen molar-refractivity contribution in [1.82, 2.24) is 20.1 Å². The predicted molar refractivity (Wildman–Crippen MR) is 153 cm³/mol. The molecule has 2 N–H and O–H groups in total. The summed E-state index contributed by atoms with van der Waals surface area (Å²) in [5, 5.41) is 5.98. The number of benzene rings is 2. The van der Waals surface area contributed by atoms with Crippen LogP contribution < -0.4 is 20.1 Å². The third-order valence-corrected chi connectivity index (χ3v) is 9.00. The normalized spacial score (nSPS) is 23.4. The van der Waals surface area contributed by atoms with Crippen molar-refractivity contribution < 1.29 is 19.1 Å². The highest BCUT2D eigenvalue weighted by Crippen LogP contribution is 2.54. The molecule has 3 unspecified atom stereocenters. The number of anilines is 1. The molecule has 0 radical (unpaired) electrons. The number of halogens is 1. The van der Waals surface area contributed by atoms with Crippen LogP contribution in [0.3, 0.4) is 0 Å². The van der Waals surface area contributed by atoms with Crippen LogP contribution in [0.1, 0.15) is 39.4 Å². The summed E-state index contributed by atoms with van der Waals surface area (Å²) in [5.41, 5.74) is 3.75. The molecule has 4 heterocycles. The number of nitrogens with one attached hydrogen (secondary N) is 2. The van der Waals surface area contributed by atoms with Crippen molar-refractivity contribution in [2.75, 3.05) is 38.5 Å². The van der Waals surface area contributed by atoms with Gasteiger partial charge in [0.05, 0.1) is 12.0 Å². The minimum atomic E-state index is -0.103. The third kappa shape index (κ3) is 4.84. The molecule has 2 amide bonds. The first-order valence-corrected chi connectivity index (χ1v) is 14.5. The van der Waals surface area contributed by atoms with Gasteiger partial charge in [0, 0.05) is 66.5 Å². The quantitative estimate of drug-likeness (QED) is 0.441. The molecule has 3 aliphatic heterocycles. The maximum Gasteiger partial charge on any atom is 0.251 e. The number of carbonyl (C=O) groups is 2. The molecular formula is C30H30BrN5O4. The largest absolute Gasteiger partial charge is 0.487 e. The Morgan fingerprint density at radius 2 is 2.00 bits per heavy atom. The summed E-state index contributed by atoms with van der Waals surface area (Å²) in [5.74, 6) is 2.71. The van der Waals surface area contributed by atoms with Crippen LogP contribution in [0.2, 0.25) is 0 Å². The fourth-order valence-corrected chi connectivity index (χ4v) is 6.36. The predicted octanol–water partition coefficient (Wildman–Crippen LogP) is 3.93. The molecule has 2 fully saturated rings. The molecule has 10 heteroatoms.